The fraction of sp³-hybridized carbons (Fsp3) is 0.500. The second-order valence-electron chi connectivity index (χ2n) is 4.58. The van der Waals surface area contributed by atoms with Gasteiger partial charge in [-0.25, -0.2) is 4.39 Å². The fourth-order valence-corrected chi connectivity index (χ4v) is 2.23. The highest BCUT2D eigenvalue weighted by atomic mass is 19.1. The van der Waals surface area contributed by atoms with Gasteiger partial charge in [0.15, 0.2) is 5.78 Å². The summed E-state index contributed by atoms with van der Waals surface area (Å²) in [6.07, 6.45) is -0.428. The van der Waals surface area contributed by atoms with Crippen molar-refractivity contribution in [3.05, 3.63) is 35.1 Å². The Hall–Kier alpha value is -1.26. The fourth-order valence-electron chi connectivity index (χ4n) is 2.23. The number of morpholine rings is 1. The van der Waals surface area contributed by atoms with Gasteiger partial charge in [0.1, 0.15) is 11.9 Å². The number of ether oxygens (including phenoxy) is 1. The number of likely N-dealkylation sites (N-methyl/N-ethyl adjacent to an activating group) is 1. The van der Waals surface area contributed by atoms with Gasteiger partial charge in [-0.2, -0.15) is 0 Å². The summed E-state index contributed by atoms with van der Waals surface area (Å²) in [6.45, 7) is 6.78. The van der Waals surface area contributed by atoms with Gasteiger partial charge in [0.05, 0.1) is 6.61 Å². The number of carbonyl (C=O) groups excluding carboxylic acids is 1. The molecule has 2 rings (SSSR count). The van der Waals surface area contributed by atoms with E-state index in [1.54, 1.807) is 13.0 Å². The third-order valence-corrected chi connectivity index (χ3v) is 3.34. The number of ketones is 1. The third-order valence-electron chi connectivity index (χ3n) is 3.34. The van der Waals surface area contributed by atoms with Crippen molar-refractivity contribution in [2.75, 3.05) is 26.2 Å². The van der Waals surface area contributed by atoms with E-state index in [1.165, 1.54) is 12.1 Å². The number of carbonyl (C=O) groups is 1. The van der Waals surface area contributed by atoms with Crippen molar-refractivity contribution in [1.29, 1.82) is 0 Å². The van der Waals surface area contributed by atoms with Crippen molar-refractivity contribution in [2.45, 2.75) is 20.0 Å². The van der Waals surface area contributed by atoms with Crippen LogP contribution in [0.2, 0.25) is 0 Å². The molecule has 0 saturated carbocycles. The number of aryl methyl sites for hydroxylation is 1. The van der Waals surface area contributed by atoms with Gasteiger partial charge in [-0.05, 0) is 37.2 Å². The van der Waals surface area contributed by atoms with Crippen LogP contribution in [-0.2, 0) is 4.74 Å². The molecule has 0 aliphatic carbocycles. The van der Waals surface area contributed by atoms with Crippen LogP contribution in [0.3, 0.4) is 0 Å². The summed E-state index contributed by atoms with van der Waals surface area (Å²) in [5, 5.41) is 0. The molecule has 18 heavy (non-hydrogen) atoms. The normalized spacial score (nSPS) is 20.9. The highest BCUT2D eigenvalue weighted by Gasteiger charge is 2.27. The maximum Gasteiger partial charge on any atom is 0.193 e. The molecule has 1 aromatic carbocycles. The Labute approximate surface area is 107 Å². The molecular weight excluding hydrogens is 233 g/mol. The van der Waals surface area contributed by atoms with Gasteiger partial charge in [0, 0.05) is 18.7 Å². The van der Waals surface area contributed by atoms with Gasteiger partial charge in [-0.1, -0.05) is 6.92 Å². The molecule has 0 radical (unpaired) electrons. The molecule has 3 nitrogen and oxygen atoms in total. The van der Waals surface area contributed by atoms with Crippen LogP contribution in [0, 0.1) is 12.7 Å². The highest BCUT2D eigenvalue weighted by Crippen LogP contribution is 2.16. The second kappa shape index (κ2) is 5.59. The van der Waals surface area contributed by atoms with Gasteiger partial charge in [0.2, 0.25) is 0 Å². The van der Waals surface area contributed by atoms with Crippen LogP contribution in [-0.4, -0.2) is 43.0 Å². The number of Topliss-reactive ketones (excluding diaryl/α,β-unsaturated/α-hetero) is 1. The van der Waals surface area contributed by atoms with Crippen molar-refractivity contribution in [1.82, 2.24) is 4.90 Å². The summed E-state index contributed by atoms with van der Waals surface area (Å²) in [5.41, 5.74) is 1.22. The molecule has 1 unspecified atom stereocenters. The molecule has 0 N–H and O–H groups in total. The van der Waals surface area contributed by atoms with Crippen LogP contribution in [0.5, 0.6) is 0 Å². The molecule has 98 valence electrons. The van der Waals surface area contributed by atoms with Crippen LogP contribution in [0.25, 0.3) is 0 Å². The minimum absolute atomic E-state index is 0.0503. The van der Waals surface area contributed by atoms with Crippen LogP contribution >= 0.6 is 0 Å². The summed E-state index contributed by atoms with van der Waals surface area (Å²) >= 11 is 0. The maximum atomic E-state index is 13.0. The lowest BCUT2D eigenvalue weighted by atomic mass is 10.00. The average molecular weight is 251 g/mol. The van der Waals surface area contributed by atoms with Gasteiger partial charge >= 0.3 is 0 Å². The predicted octanol–water partition coefficient (Wildman–Crippen LogP) is 2.04. The number of nitrogens with zero attached hydrogens (tertiary/aromatic N) is 1. The lowest BCUT2D eigenvalue weighted by Crippen LogP contribution is -2.46. The first-order chi connectivity index (χ1) is 8.61. The molecule has 1 aromatic rings. The largest absolute Gasteiger partial charge is 0.367 e. The molecule has 1 aliphatic rings. The highest BCUT2D eigenvalue weighted by molar-refractivity contribution is 6.00. The third kappa shape index (κ3) is 2.76. The van der Waals surface area contributed by atoms with E-state index in [0.29, 0.717) is 24.3 Å². The van der Waals surface area contributed by atoms with Crippen molar-refractivity contribution in [3.8, 4) is 0 Å². The summed E-state index contributed by atoms with van der Waals surface area (Å²) in [5.74, 6) is -0.366. The predicted molar refractivity (Wildman–Crippen MR) is 67.3 cm³/mol. The maximum absolute atomic E-state index is 13.0. The van der Waals surface area contributed by atoms with E-state index in [4.69, 9.17) is 4.74 Å². The number of benzene rings is 1. The average Bonchev–Trinajstić information content (AvgIpc) is 2.38. The van der Waals surface area contributed by atoms with E-state index in [0.717, 1.165) is 13.1 Å². The molecule has 0 amide bonds. The molecule has 0 bridgehead atoms. The van der Waals surface area contributed by atoms with E-state index in [9.17, 15) is 9.18 Å². The van der Waals surface area contributed by atoms with E-state index < -0.39 is 6.10 Å². The molecule has 1 aliphatic heterocycles. The summed E-state index contributed by atoms with van der Waals surface area (Å²) < 4.78 is 18.5. The van der Waals surface area contributed by atoms with Gasteiger partial charge in [-0.3, -0.25) is 9.69 Å². The number of hydrogen-bond acceptors (Lipinski definition) is 3. The van der Waals surface area contributed by atoms with Crippen LogP contribution < -0.4 is 0 Å². The lowest BCUT2D eigenvalue weighted by molar-refractivity contribution is -0.0149. The van der Waals surface area contributed by atoms with Crippen molar-refractivity contribution in [2.24, 2.45) is 0 Å². The minimum Gasteiger partial charge on any atom is -0.367 e. The van der Waals surface area contributed by atoms with E-state index in [1.807, 2.05) is 0 Å². The standard InChI is InChI=1S/C14H18FNO2/c1-3-16-6-7-18-13(9-16)14(17)12-5-4-11(15)8-10(12)2/h4-5,8,13H,3,6-7,9H2,1-2H3. The zero-order valence-corrected chi connectivity index (χ0v) is 10.8. The van der Waals surface area contributed by atoms with Crippen molar-refractivity contribution >= 4 is 5.78 Å². The molecule has 1 atom stereocenters. The topological polar surface area (TPSA) is 29.5 Å². The molecule has 0 spiro atoms. The Kier molecular flexibility index (Phi) is 4.09. The number of halogens is 1. The Morgan fingerprint density at radius 1 is 1.56 bits per heavy atom. The first-order valence-electron chi connectivity index (χ1n) is 6.26. The molecular formula is C14H18FNO2. The van der Waals surface area contributed by atoms with Gasteiger partial charge in [0.25, 0.3) is 0 Å². The van der Waals surface area contributed by atoms with Crippen LogP contribution in [0.1, 0.15) is 22.8 Å². The molecule has 4 heteroatoms. The first-order valence-corrected chi connectivity index (χ1v) is 6.26. The number of rotatable bonds is 3. The van der Waals surface area contributed by atoms with E-state index >= 15 is 0 Å². The zero-order valence-electron chi connectivity index (χ0n) is 10.8. The molecule has 1 saturated heterocycles. The molecule has 1 heterocycles. The molecule has 0 aromatic heterocycles. The smallest absolute Gasteiger partial charge is 0.193 e. The second-order valence-corrected chi connectivity index (χ2v) is 4.58. The van der Waals surface area contributed by atoms with E-state index in [2.05, 4.69) is 11.8 Å². The Morgan fingerprint density at radius 3 is 3.00 bits per heavy atom. The van der Waals surface area contributed by atoms with Crippen molar-refractivity contribution < 1.29 is 13.9 Å². The minimum atomic E-state index is -0.428. The molecule has 1 fully saturated rings. The zero-order chi connectivity index (χ0) is 13.1. The Morgan fingerprint density at radius 2 is 2.33 bits per heavy atom. The number of hydrogen-bond donors (Lipinski definition) is 0. The van der Waals surface area contributed by atoms with Crippen LogP contribution in [0.15, 0.2) is 18.2 Å². The summed E-state index contributed by atoms with van der Waals surface area (Å²) in [6, 6.07) is 4.25. The summed E-state index contributed by atoms with van der Waals surface area (Å²) in [4.78, 5) is 14.5. The quantitative estimate of drug-likeness (QED) is 0.770. The SMILES string of the molecule is CCN1CCOC(C(=O)c2ccc(F)cc2C)C1. The van der Waals surface area contributed by atoms with Crippen LogP contribution in [0.4, 0.5) is 4.39 Å². The van der Waals surface area contributed by atoms with E-state index in [-0.39, 0.29) is 11.6 Å². The summed E-state index contributed by atoms with van der Waals surface area (Å²) in [7, 11) is 0. The van der Waals surface area contributed by atoms with Crippen molar-refractivity contribution in [3.63, 3.8) is 0 Å². The Balaban J connectivity index is 2.15. The Bertz CT molecular complexity index is 447. The monoisotopic (exact) mass is 251 g/mol. The van der Waals surface area contributed by atoms with Gasteiger partial charge in [-0.15, -0.1) is 0 Å². The van der Waals surface area contributed by atoms with Gasteiger partial charge < -0.3 is 4.74 Å². The first kappa shape index (κ1) is 13.2. The lowest BCUT2D eigenvalue weighted by Gasteiger charge is -2.31.